The molecule has 3 rings (SSSR count). The SMILES string of the molecule is CNCc1cn(S(=O)(=O)c2ccc(Br)s2)c(-c2cccnc2F)c1F. The van der Waals surface area contributed by atoms with Crippen molar-refractivity contribution in [2.45, 2.75) is 10.8 Å². The lowest BCUT2D eigenvalue weighted by Crippen LogP contribution is -2.13. The Hall–Kier alpha value is -1.62. The predicted octanol–water partition coefficient (Wildman–Crippen LogP) is 3.61. The average molecular weight is 448 g/mol. The van der Waals surface area contributed by atoms with Gasteiger partial charge in [0, 0.05) is 24.5 Å². The molecule has 0 aliphatic carbocycles. The molecule has 0 aliphatic heterocycles. The van der Waals surface area contributed by atoms with E-state index in [0.717, 1.165) is 21.5 Å². The van der Waals surface area contributed by atoms with Crippen molar-refractivity contribution in [3.63, 3.8) is 0 Å². The molecule has 1 N–H and O–H groups in total. The van der Waals surface area contributed by atoms with Crippen molar-refractivity contribution < 1.29 is 17.2 Å². The van der Waals surface area contributed by atoms with Gasteiger partial charge in [-0.1, -0.05) is 0 Å². The van der Waals surface area contributed by atoms with Crippen LogP contribution in [0.5, 0.6) is 0 Å². The summed E-state index contributed by atoms with van der Waals surface area (Å²) >= 11 is 4.19. The van der Waals surface area contributed by atoms with E-state index in [1.165, 1.54) is 24.4 Å². The Bertz CT molecular complexity index is 1030. The molecule has 3 aromatic heterocycles. The van der Waals surface area contributed by atoms with Gasteiger partial charge in [-0.2, -0.15) is 12.8 Å². The molecular formula is C15H12BrF2N3O2S2. The zero-order chi connectivity index (χ0) is 18.2. The van der Waals surface area contributed by atoms with Crippen molar-refractivity contribution in [2.24, 2.45) is 0 Å². The van der Waals surface area contributed by atoms with Gasteiger partial charge in [-0.15, -0.1) is 11.3 Å². The molecule has 10 heteroatoms. The van der Waals surface area contributed by atoms with E-state index in [-0.39, 0.29) is 27.6 Å². The summed E-state index contributed by atoms with van der Waals surface area (Å²) in [5.74, 6) is -1.75. The number of rotatable bonds is 5. The lowest BCUT2D eigenvalue weighted by Gasteiger charge is -2.09. The molecule has 0 unspecified atom stereocenters. The monoisotopic (exact) mass is 447 g/mol. The van der Waals surface area contributed by atoms with Crippen molar-refractivity contribution in [1.29, 1.82) is 0 Å². The van der Waals surface area contributed by atoms with E-state index >= 15 is 0 Å². The van der Waals surface area contributed by atoms with Crippen LogP contribution in [0.25, 0.3) is 11.3 Å². The van der Waals surface area contributed by atoms with Crippen molar-refractivity contribution in [1.82, 2.24) is 14.3 Å². The maximum Gasteiger partial charge on any atom is 0.277 e. The standard InChI is InChI=1S/C15H12BrF2N3O2S2/c1-19-7-9-8-21(25(22,23)12-5-4-11(16)24-12)14(13(9)17)10-3-2-6-20-15(10)18/h2-6,8,19H,7H2,1H3. The van der Waals surface area contributed by atoms with Crippen molar-refractivity contribution in [3.8, 4) is 11.3 Å². The fourth-order valence-corrected chi connectivity index (χ4v) is 5.84. The van der Waals surface area contributed by atoms with Crippen LogP contribution in [0.15, 0.2) is 44.7 Å². The van der Waals surface area contributed by atoms with Crippen molar-refractivity contribution in [3.05, 3.63) is 57.8 Å². The lowest BCUT2D eigenvalue weighted by atomic mass is 10.2. The zero-order valence-electron chi connectivity index (χ0n) is 12.8. The number of hydrogen-bond donors (Lipinski definition) is 1. The molecule has 132 valence electrons. The summed E-state index contributed by atoms with van der Waals surface area (Å²) in [5.41, 5.74) is -0.484. The van der Waals surface area contributed by atoms with Gasteiger partial charge >= 0.3 is 0 Å². The van der Waals surface area contributed by atoms with Crippen LogP contribution in [-0.2, 0) is 16.6 Å². The quantitative estimate of drug-likeness (QED) is 0.606. The summed E-state index contributed by atoms with van der Waals surface area (Å²) < 4.78 is 56.3. The van der Waals surface area contributed by atoms with E-state index in [1.54, 1.807) is 13.1 Å². The molecule has 25 heavy (non-hydrogen) atoms. The minimum absolute atomic E-state index is 0.0101. The van der Waals surface area contributed by atoms with E-state index in [0.29, 0.717) is 3.79 Å². The summed E-state index contributed by atoms with van der Waals surface area (Å²) in [6, 6.07) is 5.70. The minimum Gasteiger partial charge on any atom is -0.316 e. The molecule has 3 heterocycles. The zero-order valence-corrected chi connectivity index (χ0v) is 16.1. The summed E-state index contributed by atoms with van der Waals surface area (Å²) in [6.07, 6.45) is 2.37. The number of pyridine rings is 1. The molecule has 0 aromatic carbocycles. The Morgan fingerprint density at radius 3 is 2.68 bits per heavy atom. The van der Waals surface area contributed by atoms with Gasteiger partial charge in [0.15, 0.2) is 5.82 Å². The summed E-state index contributed by atoms with van der Waals surface area (Å²) in [5, 5.41) is 2.76. The Morgan fingerprint density at radius 2 is 2.08 bits per heavy atom. The van der Waals surface area contributed by atoms with E-state index in [9.17, 15) is 17.2 Å². The van der Waals surface area contributed by atoms with Gasteiger partial charge in [-0.3, -0.25) is 0 Å². The third-order valence-corrected chi connectivity index (χ3v) is 7.18. The van der Waals surface area contributed by atoms with Crippen molar-refractivity contribution >= 4 is 37.3 Å². The Morgan fingerprint density at radius 1 is 1.32 bits per heavy atom. The maximum atomic E-state index is 14.9. The van der Waals surface area contributed by atoms with Gasteiger partial charge in [-0.25, -0.2) is 13.3 Å². The van der Waals surface area contributed by atoms with Crippen LogP contribution in [0.4, 0.5) is 8.78 Å². The minimum atomic E-state index is -4.09. The van der Waals surface area contributed by atoms with Crippen molar-refractivity contribution in [2.75, 3.05) is 7.05 Å². The van der Waals surface area contributed by atoms with Crippen LogP contribution in [-0.4, -0.2) is 24.4 Å². The number of nitrogens with zero attached hydrogens (tertiary/aromatic N) is 2. The van der Waals surface area contributed by atoms with Gasteiger partial charge in [0.2, 0.25) is 5.95 Å². The molecule has 0 fully saturated rings. The first kappa shape index (κ1) is 18.2. The number of thiophene rings is 1. The highest BCUT2D eigenvalue weighted by atomic mass is 79.9. The second kappa shape index (κ2) is 6.94. The van der Waals surface area contributed by atoms with Crippen LogP contribution >= 0.6 is 27.3 Å². The fourth-order valence-electron chi connectivity index (χ4n) is 2.35. The highest BCUT2D eigenvalue weighted by Gasteiger charge is 2.29. The molecule has 0 aliphatic rings. The van der Waals surface area contributed by atoms with Crippen LogP contribution in [0.3, 0.4) is 0 Å². The fraction of sp³-hybridized carbons (Fsp3) is 0.133. The van der Waals surface area contributed by atoms with Crippen LogP contribution < -0.4 is 5.32 Å². The highest BCUT2D eigenvalue weighted by molar-refractivity contribution is 9.11. The van der Waals surface area contributed by atoms with Gasteiger partial charge in [0.25, 0.3) is 10.0 Å². The van der Waals surface area contributed by atoms with Gasteiger partial charge in [0.05, 0.1) is 9.35 Å². The number of hydrogen-bond acceptors (Lipinski definition) is 5. The summed E-state index contributed by atoms with van der Waals surface area (Å²) in [6.45, 7) is 0.0946. The smallest absolute Gasteiger partial charge is 0.277 e. The molecular weight excluding hydrogens is 436 g/mol. The maximum absolute atomic E-state index is 14.9. The van der Waals surface area contributed by atoms with E-state index < -0.39 is 21.8 Å². The van der Waals surface area contributed by atoms with E-state index in [4.69, 9.17) is 0 Å². The first-order valence-electron chi connectivity index (χ1n) is 7.02. The molecule has 0 saturated heterocycles. The van der Waals surface area contributed by atoms with E-state index in [2.05, 4.69) is 26.2 Å². The molecule has 0 saturated carbocycles. The van der Waals surface area contributed by atoms with Gasteiger partial charge < -0.3 is 5.32 Å². The highest BCUT2D eigenvalue weighted by Crippen LogP contribution is 2.34. The molecule has 0 atom stereocenters. The topological polar surface area (TPSA) is 64.0 Å². The molecule has 3 aromatic rings. The van der Waals surface area contributed by atoms with Gasteiger partial charge in [0.1, 0.15) is 9.90 Å². The molecule has 0 amide bonds. The number of nitrogens with one attached hydrogen (secondary N) is 1. The Balaban J connectivity index is 2.30. The lowest BCUT2D eigenvalue weighted by molar-refractivity contribution is 0.575. The van der Waals surface area contributed by atoms with Crippen LogP contribution in [0.1, 0.15) is 5.56 Å². The summed E-state index contributed by atoms with van der Waals surface area (Å²) in [7, 11) is -2.49. The summed E-state index contributed by atoms with van der Waals surface area (Å²) in [4.78, 5) is 3.49. The predicted molar refractivity (Wildman–Crippen MR) is 94.9 cm³/mol. The Kier molecular flexibility index (Phi) is 5.05. The first-order valence-corrected chi connectivity index (χ1v) is 10.1. The molecule has 0 spiro atoms. The number of aromatic nitrogens is 2. The third-order valence-electron chi connectivity index (χ3n) is 3.43. The number of halogens is 3. The van der Waals surface area contributed by atoms with Crippen LogP contribution in [0, 0.1) is 11.8 Å². The van der Waals surface area contributed by atoms with Crippen LogP contribution in [0.2, 0.25) is 0 Å². The molecule has 5 nitrogen and oxygen atoms in total. The van der Waals surface area contributed by atoms with Gasteiger partial charge in [-0.05, 0) is 47.2 Å². The Labute approximate surface area is 155 Å². The largest absolute Gasteiger partial charge is 0.316 e. The second-order valence-electron chi connectivity index (χ2n) is 5.05. The first-order chi connectivity index (χ1) is 11.9. The molecule has 0 radical (unpaired) electrons. The average Bonchev–Trinajstić information content (AvgIpc) is 3.14. The van der Waals surface area contributed by atoms with E-state index in [1.807, 2.05) is 0 Å². The second-order valence-corrected chi connectivity index (χ2v) is 9.55. The normalized spacial score (nSPS) is 11.8. The molecule has 0 bridgehead atoms. The third kappa shape index (κ3) is 3.26.